The van der Waals surface area contributed by atoms with Crippen LogP contribution < -0.4 is 9.62 Å². The van der Waals surface area contributed by atoms with Gasteiger partial charge in [-0.15, -0.1) is 0 Å². The smallest absolute Gasteiger partial charge is 0.242 e. The van der Waals surface area contributed by atoms with Gasteiger partial charge >= 0.3 is 0 Å². The summed E-state index contributed by atoms with van der Waals surface area (Å²) in [6.07, 6.45) is 1.38. The van der Waals surface area contributed by atoms with Gasteiger partial charge in [-0.05, 0) is 45.4 Å². The Bertz CT molecular complexity index is 1060. The number of likely N-dealkylation sites (N-methyl/N-ethyl adjacent to an activating group) is 1. The first-order valence-corrected chi connectivity index (χ1v) is 12.7. The molecule has 7 nitrogen and oxygen atoms in total. The van der Waals surface area contributed by atoms with Crippen LogP contribution in [0.2, 0.25) is 0 Å². The Kier molecular flexibility index (Phi) is 9.40. The molecule has 0 aliphatic rings. The Morgan fingerprint density at radius 1 is 1.09 bits per heavy atom. The van der Waals surface area contributed by atoms with Crippen molar-refractivity contribution in [3.63, 3.8) is 0 Å². The first-order valence-electron chi connectivity index (χ1n) is 10.9. The highest BCUT2D eigenvalue weighted by atomic mass is 32.2. The quantitative estimate of drug-likeness (QED) is 0.538. The predicted octanol–water partition coefficient (Wildman–Crippen LogP) is 3.23. The number of anilines is 1. The standard InChI is InChI=1S/C24H32FN3O4S/c1-5-26-24(30)19(3)27(17-20-9-6-7-10-22(20)25)23(29)11-8-16-28(33(4,31)32)21-14-12-18(2)13-15-21/h6-7,9-10,12-15,19H,5,8,11,16-17H2,1-4H3,(H,26,30)/t19-/m0/s1. The van der Waals surface area contributed by atoms with Gasteiger partial charge in [0.1, 0.15) is 11.9 Å². The molecule has 180 valence electrons. The summed E-state index contributed by atoms with van der Waals surface area (Å²) in [5, 5.41) is 2.69. The van der Waals surface area contributed by atoms with Crippen LogP contribution in [0.25, 0.3) is 0 Å². The molecule has 1 N–H and O–H groups in total. The van der Waals surface area contributed by atoms with Crippen molar-refractivity contribution in [2.45, 2.75) is 46.2 Å². The largest absolute Gasteiger partial charge is 0.355 e. The molecule has 2 aromatic rings. The molecular formula is C24H32FN3O4S. The van der Waals surface area contributed by atoms with E-state index in [1.165, 1.54) is 15.3 Å². The average molecular weight is 478 g/mol. The SMILES string of the molecule is CCNC(=O)[C@H](C)N(Cc1ccccc1F)C(=O)CCCN(c1ccc(C)cc1)S(C)(=O)=O. The molecule has 2 amide bonds. The topological polar surface area (TPSA) is 86.8 Å². The Hall–Kier alpha value is -2.94. The third-order valence-corrected chi connectivity index (χ3v) is 6.49. The molecule has 0 unspecified atom stereocenters. The molecule has 33 heavy (non-hydrogen) atoms. The Morgan fingerprint density at radius 2 is 1.73 bits per heavy atom. The van der Waals surface area contributed by atoms with E-state index in [0.29, 0.717) is 17.8 Å². The van der Waals surface area contributed by atoms with Crippen LogP contribution in [0.3, 0.4) is 0 Å². The van der Waals surface area contributed by atoms with Gasteiger partial charge in [0, 0.05) is 31.6 Å². The monoisotopic (exact) mass is 477 g/mol. The van der Waals surface area contributed by atoms with E-state index in [1.807, 2.05) is 19.1 Å². The van der Waals surface area contributed by atoms with E-state index in [1.54, 1.807) is 44.2 Å². The van der Waals surface area contributed by atoms with Crippen molar-refractivity contribution in [2.24, 2.45) is 0 Å². The molecule has 0 aromatic heterocycles. The molecule has 0 heterocycles. The molecule has 0 bridgehead atoms. The summed E-state index contributed by atoms with van der Waals surface area (Å²) in [7, 11) is -3.55. The molecule has 0 saturated heterocycles. The van der Waals surface area contributed by atoms with Gasteiger partial charge < -0.3 is 10.2 Å². The van der Waals surface area contributed by atoms with Crippen molar-refractivity contribution in [3.8, 4) is 0 Å². The van der Waals surface area contributed by atoms with Gasteiger partial charge in [-0.3, -0.25) is 13.9 Å². The van der Waals surface area contributed by atoms with E-state index in [9.17, 15) is 22.4 Å². The molecule has 0 saturated carbocycles. The maximum atomic E-state index is 14.2. The minimum atomic E-state index is -3.55. The maximum Gasteiger partial charge on any atom is 0.242 e. The highest BCUT2D eigenvalue weighted by molar-refractivity contribution is 7.92. The second-order valence-electron chi connectivity index (χ2n) is 7.96. The molecule has 2 rings (SSSR count). The number of amides is 2. The summed E-state index contributed by atoms with van der Waals surface area (Å²) in [4.78, 5) is 26.8. The fraction of sp³-hybridized carbons (Fsp3) is 0.417. The van der Waals surface area contributed by atoms with E-state index >= 15 is 0 Å². The van der Waals surface area contributed by atoms with Crippen LogP contribution in [0.15, 0.2) is 48.5 Å². The van der Waals surface area contributed by atoms with Crippen molar-refractivity contribution < 1.29 is 22.4 Å². The number of benzene rings is 2. The Morgan fingerprint density at radius 3 is 2.30 bits per heavy atom. The molecule has 1 atom stereocenters. The van der Waals surface area contributed by atoms with Gasteiger partial charge in [-0.2, -0.15) is 0 Å². The highest BCUT2D eigenvalue weighted by Crippen LogP contribution is 2.20. The zero-order chi connectivity index (χ0) is 24.6. The molecule has 0 aliphatic heterocycles. The maximum absolute atomic E-state index is 14.2. The second kappa shape index (κ2) is 11.8. The number of rotatable bonds is 11. The van der Waals surface area contributed by atoms with E-state index in [0.717, 1.165) is 11.8 Å². The van der Waals surface area contributed by atoms with Crippen molar-refractivity contribution in [3.05, 3.63) is 65.5 Å². The lowest BCUT2D eigenvalue weighted by Crippen LogP contribution is -2.47. The number of aryl methyl sites for hydroxylation is 1. The highest BCUT2D eigenvalue weighted by Gasteiger charge is 2.27. The minimum absolute atomic E-state index is 0.01000. The van der Waals surface area contributed by atoms with Gasteiger partial charge in [-0.1, -0.05) is 35.9 Å². The van der Waals surface area contributed by atoms with Crippen LogP contribution in [-0.4, -0.2) is 50.5 Å². The van der Waals surface area contributed by atoms with Gasteiger partial charge in [-0.25, -0.2) is 12.8 Å². The molecule has 0 fully saturated rings. The number of hydrogen-bond donors (Lipinski definition) is 1. The van der Waals surface area contributed by atoms with Gasteiger partial charge in [0.25, 0.3) is 0 Å². The fourth-order valence-electron chi connectivity index (χ4n) is 3.43. The first kappa shape index (κ1) is 26.3. The normalized spacial score (nSPS) is 12.2. The molecule has 0 radical (unpaired) electrons. The van der Waals surface area contributed by atoms with Crippen LogP contribution in [-0.2, 0) is 26.2 Å². The Labute approximate surface area is 195 Å². The third-order valence-electron chi connectivity index (χ3n) is 5.29. The number of carbonyl (C=O) groups excluding carboxylic acids is 2. The summed E-state index contributed by atoms with van der Waals surface area (Å²) < 4.78 is 40.1. The predicted molar refractivity (Wildman–Crippen MR) is 128 cm³/mol. The van der Waals surface area contributed by atoms with E-state index < -0.39 is 21.9 Å². The van der Waals surface area contributed by atoms with Crippen molar-refractivity contribution in [1.29, 1.82) is 0 Å². The lowest BCUT2D eigenvalue weighted by molar-refractivity contribution is -0.140. The van der Waals surface area contributed by atoms with E-state index in [-0.39, 0.29) is 37.7 Å². The van der Waals surface area contributed by atoms with Crippen LogP contribution in [0.4, 0.5) is 10.1 Å². The number of nitrogens with one attached hydrogen (secondary N) is 1. The van der Waals surface area contributed by atoms with E-state index in [2.05, 4.69) is 5.32 Å². The number of nitrogens with zero attached hydrogens (tertiary/aromatic N) is 2. The Balaban J connectivity index is 2.15. The number of halogens is 1. The van der Waals surface area contributed by atoms with Crippen molar-refractivity contribution in [1.82, 2.24) is 10.2 Å². The number of carbonyl (C=O) groups is 2. The zero-order valence-electron chi connectivity index (χ0n) is 19.5. The van der Waals surface area contributed by atoms with Crippen LogP contribution in [0.1, 0.15) is 37.8 Å². The third kappa shape index (κ3) is 7.56. The van der Waals surface area contributed by atoms with Crippen molar-refractivity contribution in [2.75, 3.05) is 23.7 Å². The summed E-state index contributed by atoms with van der Waals surface area (Å²) in [6.45, 7) is 5.74. The van der Waals surface area contributed by atoms with Gasteiger partial charge in [0.05, 0.1) is 11.9 Å². The molecule has 0 aliphatic carbocycles. The van der Waals surface area contributed by atoms with Crippen LogP contribution >= 0.6 is 0 Å². The average Bonchev–Trinajstić information content (AvgIpc) is 2.75. The zero-order valence-corrected chi connectivity index (χ0v) is 20.4. The summed E-state index contributed by atoms with van der Waals surface area (Å²) >= 11 is 0. The summed E-state index contributed by atoms with van der Waals surface area (Å²) in [6, 6.07) is 12.4. The van der Waals surface area contributed by atoms with Gasteiger partial charge in [0.2, 0.25) is 21.8 Å². The number of hydrogen-bond acceptors (Lipinski definition) is 4. The minimum Gasteiger partial charge on any atom is -0.355 e. The van der Waals surface area contributed by atoms with Crippen LogP contribution in [0.5, 0.6) is 0 Å². The molecule has 0 spiro atoms. The molecule has 9 heteroatoms. The fourth-order valence-corrected chi connectivity index (χ4v) is 4.40. The molecular weight excluding hydrogens is 445 g/mol. The van der Waals surface area contributed by atoms with Gasteiger partial charge in [0.15, 0.2) is 0 Å². The summed E-state index contributed by atoms with van der Waals surface area (Å²) in [5.74, 6) is -1.14. The first-order chi connectivity index (χ1) is 15.5. The summed E-state index contributed by atoms with van der Waals surface area (Å²) in [5.41, 5.74) is 1.83. The van der Waals surface area contributed by atoms with Crippen molar-refractivity contribution >= 4 is 27.5 Å². The number of sulfonamides is 1. The molecule has 2 aromatic carbocycles. The van der Waals surface area contributed by atoms with Crippen LogP contribution in [0, 0.1) is 12.7 Å². The second-order valence-corrected chi connectivity index (χ2v) is 9.86. The lowest BCUT2D eigenvalue weighted by Gasteiger charge is -2.29. The van der Waals surface area contributed by atoms with E-state index in [4.69, 9.17) is 0 Å². The lowest BCUT2D eigenvalue weighted by atomic mass is 10.1.